The highest BCUT2D eigenvalue weighted by Crippen LogP contribution is 2.19. The SMILES string of the molecule is Cl.Cl.O=C(NCC(=O)N1CCN(c2ccc(Cl)cc2)CC1)C1CCCNC1. The second-order valence-corrected chi connectivity index (χ2v) is 7.04. The van der Waals surface area contributed by atoms with Crippen molar-refractivity contribution in [3.63, 3.8) is 0 Å². The van der Waals surface area contributed by atoms with E-state index in [1.54, 1.807) is 0 Å². The minimum atomic E-state index is -0.0136. The number of anilines is 1. The van der Waals surface area contributed by atoms with Crippen LogP contribution in [0.4, 0.5) is 5.69 Å². The van der Waals surface area contributed by atoms with Gasteiger partial charge in [-0.15, -0.1) is 24.8 Å². The lowest BCUT2D eigenvalue weighted by Crippen LogP contribution is -2.52. The molecule has 0 spiro atoms. The summed E-state index contributed by atoms with van der Waals surface area (Å²) < 4.78 is 0. The molecule has 2 fully saturated rings. The van der Waals surface area contributed by atoms with Gasteiger partial charge in [-0.2, -0.15) is 0 Å². The van der Waals surface area contributed by atoms with E-state index >= 15 is 0 Å². The van der Waals surface area contributed by atoms with Crippen LogP contribution in [0, 0.1) is 5.92 Å². The average molecular weight is 438 g/mol. The van der Waals surface area contributed by atoms with Gasteiger partial charge in [0.1, 0.15) is 0 Å². The number of carbonyl (C=O) groups excluding carboxylic acids is 2. The van der Waals surface area contributed by atoms with Crippen LogP contribution in [-0.4, -0.2) is 62.5 Å². The van der Waals surface area contributed by atoms with Gasteiger partial charge in [0.25, 0.3) is 0 Å². The fourth-order valence-corrected chi connectivity index (χ4v) is 3.49. The number of nitrogens with one attached hydrogen (secondary N) is 2. The van der Waals surface area contributed by atoms with Crippen molar-refractivity contribution in [3.05, 3.63) is 29.3 Å². The average Bonchev–Trinajstić information content (AvgIpc) is 2.67. The maximum Gasteiger partial charge on any atom is 0.242 e. The third-order valence-electron chi connectivity index (χ3n) is 4.91. The van der Waals surface area contributed by atoms with Crippen LogP contribution in [0.5, 0.6) is 0 Å². The number of piperazine rings is 1. The van der Waals surface area contributed by atoms with Crippen LogP contribution >= 0.6 is 36.4 Å². The van der Waals surface area contributed by atoms with Crippen LogP contribution in [-0.2, 0) is 9.59 Å². The van der Waals surface area contributed by atoms with Gasteiger partial charge in [0, 0.05) is 43.4 Å². The zero-order valence-corrected chi connectivity index (χ0v) is 17.5. The molecule has 27 heavy (non-hydrogen) atoms. The number of carbonyl (C=O) groups is 2. The summed E-state index contributed by atoms with van der Waals surface area (Å²) in [6, 6.07) is 7.75. The molecule has 2 amide bonds. The molecule has 0 aromatic heterocycles. The number of piperidine rings is 1. The number of benzene rings is 1. The lowest BCUT2D eigenvalue weighted by Gasteiger charge is -2.36. The van der Waals surface area contributed by atoms with E-state index in [4.69, 9.17) is 11.6 Å². The van der Waals surface area contributed by atoms with Gasteiger partial charge in [-0.1, -0.05) is 11.6 Å². The molecule has 0 radical (unpaired) electrons. The van der Waals surface area contributed by atoms with Crippen LogP contribution in [0.3, 0.4) is 0 Å². The third kappa shape index (κ3) is 6.71. The predicted octanol–water partition coefficient (Wildman–Crippen LogP) is 1.95. The summed E-state index contributed by atoms with van der Waals surface area (Å²) in [4.78, 5) is 28.5. The van der Waals surface area contributed by atoms with Gasteiger partial charge in [-0.3, -0.25) is 9.59 Å². The van der Waals surface area contributed by atoms with E-state index in [0.717, 1.165) is 43.2 Å². The number of amides is 2. The first-order valence-electron chi connectivity index (χ1n) is 8.90. The summed E-state index contributed by atoms with van der Waals surface area (Å²) in [5, 5.41) is 6.74. The van der Waals surface area contributed by atoms with Crippen molar-refractivity contribution in [3.8, 4) is 0 Å². The number of nitrogens with zero attached hydrogens (tertiary/aromatic N) is 2. The zero-order valence-electron chi connectivity index (χ0n) is 15.2. The summed E-state index contributed by atoms with van der Waals surface area (Å²) >= 11 is 5.92. The summed E-state index contributed by atoms with van der Waals surface area (Å²) in [5.74, 6) is -0.0310. The van der Waals surface area contributed by atoms with E-state index in [-0.39, 0.29) is 49.1 Å². The van der Waals surface area contributed by atoms with E-state index in [9.17, 15) is 9.59 Å². The van der Waals surface area contributed by atoms with Gasteiger partial charge in [0.15, 0.2) is 0 Å². The normalized spacial score (nSPS) is 19.5. The van der Waals surface area contributed by atoms with Crippen molar-refractivity contribution >= 4 is 53.9 Å². The molecular formula is C18H27Cl3N4O2. The Hall–Kier alpha value is -1.21. The molecule has 152 valence electrons. The number of halogens is 3. The van der Waals surface area contributed by atoms with Gasteiger partial charge in [0.05, 0.1) is 12.5 Å². The standard InChI is InChI=1S/C18H25ClN4O2.2ClH/c19-15-3-5-16(6-4-15)22-8-10-23(11-9-22)17(24)13-21-18(25)14-2-1-7-20-12-14;;/h3-6,14,20H,1-2,7-13H2,(H,21,25);2*1H. The Bertz CT molecular complexity index is 601. The smallest absolute Gasteiger partial charge is 0.242 e. The predicted molar refractivity (Wildman–Crippen MR) is 113 cm³/mol. The largest absolute Gasteiger partial charge is 0.368 e. The molecule has 0 saturated carbocycles. The molecule has 2 aliphatic heterocycles. The van der Waals surface area contributed by atoms with Gasteiger partial charge in [0.2, 0.25) is 11.8 Å². The molecular weight excluding hydrogens is 411 g/mol. The molecule has 1 aromatic carbocycles. The molecule has 2 heterocycles. The van der Waals surface area contributed by atoms with Crippen molar-refractivity contribution in [1.29, 1.82) is 0 Å². The van der Waals surface area contributed by atoms with E-state index in [1.165, 1.54) is 0 Å². The summed E-state index contributed by atoms with van der Waals surface area (Å²) in [6.07, 6.45) is 1.91. The van der Waals surface area contributed by atoms with Crippen LogP contribution in [0.2, 0.25) is 5.02 Å². The Kier molecular flexibility index (Phi) is 10.2. The van der Waals surface area contributed by atoms with Gasteiger partial charge >= 0.3 is 0 Å². The van der Waals surface area contributed by atoms with Crippen molar-refractivity contribution in [2.45, 2.75) is 12.8 Å². The minimum Gasteiger partial charge on any atom is -0.368 e. The second kappa shape index (κ2) is 11.6. The minimum absolute atomic E-state index is 0. The van der Waals surface area contributed by atoms with E-state index in [0.29, 0.717) is 19.6 Å². The van der Waals surface area contributed by atoms with E-state index in [2.05, 4.69) is 15.5 Å². The van der Waals surface area contributed by atoms with Gasteiger partial charge in [-0.05, 0) is 43.7 Å². The second-order valence-electron chi connectivity index (χ2n) is 6.61. The molecule has 1 atom stereocenters. The van der Waals surface area contributed by atoms with Gasteiger partial charge < -0.3 is 20.4 Å². The van der Waals surface area contributed by atoms with Crippen LogP contribution < -0.4 is 15.5 Å². The number of hydrogen-bond donors (Lipinski definition) is 2. The third-order valence-corrected chi connectivity index (χ3v) is 5.16. The Morgan fingerprint density at radius 1 is 1.11 bits per heavy atom. The van der Waals surface area contributed by atoms with Crippen molar-refractivity contribution in [1.82, 2.24) is 15.5 Å². The molecule has 6 nitrogen and oxygen atoms in total. The molecule has 2 aliphatic rings. The maximum absolute atomic E-state index is 12.3. The maximum atomic E-state index is 12.3. The Morgan fingerprint density at radius 3 is 2.37 bits per heavy atom. The van der Waals surface area contributed by atoms with Crippen LogP contribution in [0.25, 0.3) is 0 Å². The van der Waals surface area contributed by atoms with Crippen molar-refractivity contribution in [2.24, 2.45) is 5.92 Å². The van der Waals surface area contributed by atoms with E-state index < -0.39 is 0 Å². The number of rotatable bonds is 4. The Balaban J connectivity index is 0.00000182. The van der Waals surface area contributed by atoms with Gasteiger partial charge in [-0.25, -0.2) is 0 Å². The van der Waals surface area contributed by atoms with Crippen molar-refractivity contribution < 1.29 is 9.59 Å². The fraction of sp³-hybridized carbons (Fsp3) is 0.556. The first-order valence-corrected chi connectivity index (χ1v) is 9.28. The zero-order chi connectivity index (χ0) is 17.6. The monoisotopic (exact) mass is 436 g/mol. The lowest BCUT2D eigenvalue weighted by atomic mass is 9.99. The van der Waals surface area contributed by atoms with Crippen molar-refractivity contribution in [2.75, 3.05) is 50.7 Å². The Labute approximate surface area is 177 Å². The fourth-order valence-electron chi connectivity index (χ4n) is 3.36. The quantitative estimate of drug-likeness (QED) is 0.756. The summed E-state index contributed by atoms with van der Waals surface area (Å²) in [6.45, 7) is 4.68. The summed E-state index contributed by atoms with van der Waals surface area (Å²) in [5.41, 5.74) is 1.12. The molecule has 0 bridgehead atoms. The summed E-state index contributed by atoms with van der Waals surface area (Å²) in [7, 11) is 0. The first-order chi connectivity index (χ1) is 12.1. The van der Waals surface area contributed by atoms with Crippen LogP contribution in [0.15, 0.2) is 24.3 Å². The highest BCUT2D eigenvalue weighted by Gasteiger charge is 2.24. The molecule has 1 unspecified atom stereocenters. The van der Waals surface area contributed by atoms with E-state index in [1.807, 2.05) is 29.2 Å². The molecule has 2 N–H and O–H groups in total. The lowest BCUT2D eigenvalue weighted by molar-refractivity contribution is -0.134. The topological polar surface area (TPSA) is 64.7 Å². The molecule has 1 aromatic rings. The molecule has 9 heteroatoms. The molecule has 0 aliphatic carbocycles. The van der Waals surface area contributed by atoms with Crippen LogP contribution in [0.1, 0.15) is 12.8 Å². The molecule has 2 saturated heterocycles. The number of hydrogen-bond acceptors (Lipinski definition) is 4. The highest BCUT2D eigenvalue weighted by atomic mass is 35.5. The molecule has 3 rings (SSSR count). The highest BCUT2D eigenvalue weighted by molar-refractivity contribution is 6.30. The Morgan fingerprint density at radius 2 is 1.78 bits per heavy atom. The first kappa shape index (κ1) is 23.8.